The molecule has 2 aromatic rings. The zero-order valence-electron chi connectivity index (χ0n) is 10.6. The fraction of sp³-hybridized carbons (Fsp3) is 0.0714. The zero-order valence-corrected chi connectivity index (χ0v) is 11.4. The predicted octanol–water partition coefficient (Wildman–Crippen LogP) is 3.32. The van der Waals surface area contributed by atoms with Crippen LogP contribution in [0.5, 0.6) is 5.75 Å². The van der Waals surface area contributed by atoms with Gasteiger partial charge in [0, 0.05) is 16.8 Å². The molecule has 0 spiro atoms. The normalized spacial score (nSPS) is 10.2. The molecular formula is C14H12ClFN2O2. The summed E-state index contributed by atoms with van der Waals surface area (Å²) in [5.41, 5.74) is 6.37. The summed E-state index contributed by atoms with van der Waals surface area (Å²) in [6, 6.07) is 8.51. The fourth-order valence-electron chi connectivity index (χ4n) is 1.67. The Morgan fingerprint density at radius 2 is 2.05 bits per heavy atom. The summed E-state index contributed by atoms with van der Waals surface area (Å²) in [6.07, 6.45) is 0. The van der Waals surface area contributed by atoms with E-state index in [1.54, 1.807) is 18.2 Å². The molecule has 6 heteroatoms. The molecule has 20 heavy (non-hydrogen) atoms. The highest BCUT2D eigenvalue weighted by molar-refractivity contribution is 6.31. The van der Waals surface area contributed by atoms with E-state index in [2.05, 4.69) is 5.32 Å². The topological polar surface area (TPSA) is 64.3 Å². The van der Waals surface area contributed by atoms with Gasteiger partial charge in [0.15, 0.2) is 0 Å². The Morgan fingerprint density at radius 1 is 1.30 bits per heavy atom. The Bertz CT molecular complexity index is 662. The van der Waals surface area contributed by atoms with Crippen LogP contribution in [0.4, 0.5) is 15.8 Å². The number of rotatable bonds is 3. The highest BCUT2D eigenvalue weighted by atomic mass is 35.5. The summed E-state index contributed by atoms with van der Waals surface area (Å²) >= 11 is 5.76. The van der Waals surface area contributed by atoms with Gasteiger partial charge in [-0.25, -0.2) is 4.39 Å². The van der Waals surface area contributed by atoms with Crippen molar-refractivity contribution in [1.29, 1.82) is 0 Å². The van der Waals surface area contributed by atoms with Gasteiger partial charge in [0.2, 0.25) is 0 Å². The molecule has 3 N–H and O–H groups in total. The monoisotopic (exact) mass is 294 g/mol. The van der Waals surface area contributed by atoms with Gasteiger partial charge in [0.1, 0.15) is 11.6 Å². The third-order valence-electron chi connectivity index (χ3n) is 2.65. The van der Waals surface area contributed by atoms with E-state index in [-0.39, 0.29) is 10.6 Å². The van der Waals surface area contributed by atoms with Gasteiger partial charge in [0.25, 0.3) is 5.91 Å². The zero-order chi connectivity index (χ0) is 14.7. The van der Waals surface area contributed by atoms with Gasteiger partial charge < -0.3 is 15.8 Å². The first-order valence-corrected chi connectivity index (χ1v) is 6.09. The summed E-state index contributed by atoms with van der Waals surface area (Å²) in [4.78, 5) is 12.0. The lowest BCUT2D eigenvalue weighted by molar-refractivity contribution is 0.102. The van der Waals surface area contributed by atoms with Crippen molar-refractivity contribution in [2.24, 2.45) is 0 Å². The van der Waals surface area contributed by atoms with Crippen LogP contribution >= 0.6 is 11.6 Å². The van der Waals surface area contributed by atoms with Gasteiger partial charge in [-0.05, 0) is 30.3 Å². The molecule has 0 aliphatic rings. The minimum atomic E-state index is -0.652. The fourth-order valence-corrected chi connectivity index (χ4v) is 1.84. The van der Waals surface area contributed by atoms with E-state index in [0.29, 0.717) is 17.1 Å². The number of carbonyl (C=O) groups is 1. The van der Waals surface area contributed by atoms with Crippen molar-refractivity contribution in [2.45, 2.75) is 0 Å². The SMILES string of the molecule is COc1cc(N)ccc1NC(=O)c1cc(Cl)ccc1F. The number of anilines is 2. The lowest BCUT2D eigenvalue weighted by Crippen LogP contribution is -2.14. The van der Waals surface area contributed by atoms with Crippen LogP contribution in [-0.2, 0) is 0 Å². The van der Waals surface area contributed by atoms with E-state index in [4.69, 9.17) is 22.1 Å². The summed E-state index contributed by atoms with van der Waals surface area (Å²) in [7, 11) is 1.45. The molecular weight excluding hydrogens is 283 g/mol. The van der Waals surface area contributed by atoms with Gasteiger partial charge in [-0.1, -0.05) is 11.6 Å². The second-order valence-corrected chi connectivity index (χ2v) is 4.47. The number of carbonyl (C=O) groups excluding carboxylic acids is 1. The van der Waals surface area contributed by atoms with Crippen LogP contribution in [-0.4, -0.2) is 13.0 Å². The number of amides is 1. The van der Waals surface area contributed by atoms with Crippen LogP contribution in [0.3, 0.4) is 0 Å². The lowest BCUT2D eigenvalue weighted by atomic mass is 10.2. The van der Waals surface area contributed by atoms with Crippen molar-refractivity contribution in [3.05, 3.63) is 52.8 Å². The third kappa shape index (κ3) is 3.00. The summed E-state index contributed by atoms with van der Waals surface area (Å²) in [6.45, 7) is 0. The van der Waals surface area contributed by atoms with Crippen molar-refractivity contribution >= 4 is 28.9 Å². The van der Waals surface area contributed by atoms with Gasteiger partial charge in [0.05, 0.1) is 18.4 Å². The number of hydrogen-bond acceptors (Lipinski definition) is 3. The molecule has 0 aliphatic heterocycles. The van der Waals surface area contributed by atoms with Crippen LogP contribution < -0.4 is 15.8 Å². The minimum Gasteiger partial charge on any atom is -0.494 e. The molecule has 4 nitrogen and oxygen atoms in total. The smallest absolute Gasteiger partial charge is 0.258 e. The van der Waals surface area contributed by atoms with Crippen molar-refractivity contribution in [3.63, 3.8) is 0 Å². The summed E-state index contributed by atoms with van der Waals surface area (Å²) in [5, 5.41) is 2.83. The first kappa shape index (κ1) is 14.1. The molecule has 0 unspecified atom stereocenters. The van der Waals surface area contributed by atoms with Crippen LogP contribution in [0.2, 0.25) is 5.02 Å². The average molecular weight is 295 g/mol. The number of nitrogens with one attached hydrogen (secondary N) is 1. The number of methoxy groups -OCH3 is 1. The Labute approximate surface area is 120 Å². The molecule has 0 saturated carbocycles. The number of hydrogen-bond donors (Lipinski definition) is 2. The molecule has 104 valence electrons. The number of benzene rings is 2. The number of nitrogen functional groups attached to an aromatic ring is 1. The van der Waals surface area contributed by atoms with E-state index in [1.165, 1.54) is 19.2 Å². The minimum absolute atomic E-state index is 0.142. The van der Waals surface area contributed by atoms with E-state index >= 15 is 0 Å². The standard InChI is InChI=1S/C14H12ClFN2O2/c1-20-13-7-9(17)3-5-12(13)18-14(19)10-6-8(15)2-4-11(10)16/h2-7H,17H2,1H3,(H,18,19). The highest BCUT2D eigenvalue weighted by Gasteiger charge is 2.14. The van der Waals surface area contributed by atoms with Crippen LogP contribution in [0.25, 0.3) is 0 Å². The van der Waals surface area contributed by atoms with Crippen molar-refractivity contribution in [2.75, 3.05) is 18.2 Å². The first-order chi connectivity index (χ1) is 9.51. The van der Waals surface area contributed by atoms with Crippen LogP contribution in [0.15, 0.2) is 36.4 Å². The van der Waals surface area contributed by atoms with Crippen molar-refractivity contribution in [1.82, 2.24) is 0 Å². The molecule has 2 aromatic carbocycles. The second kappa shape index (κ2) is 5.79. The van der Waals surface area contributed by atoms with Crippen LogP contribution in [0.1, 0.15) is 10.4 Å². The van der Waals surface area contributed by atoms with E-state index in [0.717, 1.165) is 6.07 Å². The third-order valence-corrected chi connectivity index (χ3v) is 2.88. The molecule has 0 aromatic heterocycles. The Kier molecular flexibility index (Phi) is 4.10. The maximum Gasteiger partial charge on any atom is 0.258 e. The van der Waals surface area contributed by atoms with Crippen molar-refractivity contribution in [3.8, 4) is 5.75 Å². The highest BCUT2D eigenvalue weighted by Crippen LogP contribution is 2.27. The number of halogens is 2. The Balaban J connectivity index is 2.30. The number of nitrogens with two attached hydrogens (primary N) is 1. The molecule has 0 radical (unpaired) electrons. The average Bonchev–Trinajstić information content (AvgIpc) is 2.43. The van der Waals surface area contributed by atoms with E-state index in [9.17, 15) is 9.18 Å². The first-order valence-electron chi connectivity index (χ1n) is 5.71. The molecule has 2 rings (SSSR count). The van der Waals surface area contributed by atoms with Gasteiger partial charge in [-0.3, -0.25) is 4.79 Å². The lowest BCUT2D eigenvalue weighted by Gasteiger charge is -2.11. The van der Waals surface area contributed by atoms with Crippen LogP contribution in [0, 0.1) is 5.82 Å². The predicted molar refractivity (Wildman–Crippen MR) is 76.8 cm³/mol. The number of ether oxygens (including phenoxy) is 1. The van der Waals surface area contributed by atoms with Gasteiger partial charge in [-0.2, -0.15) is 0 Å². The van der Waals surface area contributed by atoms with Gasteiger partial charge >= 0.3 is 0 Å². The maximum atomic E-state index is 13.6. The molecule has 0 heterocycles. The molecule has 0 fully saturated rings. The molecule has 1 amide bonds. The quantitative estimate of drug-likeness (QED) is 0.854. The molecule has 0 aliphatic carbocycles. The summed E-state index contributed by atoms with van der Waals surface area (Å²) < 4.78 is 18.7. The Morgan fingerprint density at radius 3 is 2.75 bits per heavy atom. The molecule has 0 bridgehead atoms. The molecule has 0 atom stereocenters. The summed E-state index contributed by atoms with van der Waals surface area (Å²) in [5.74, 6) is -0.879. The van der Waals surface area contributed by atoms with Gasteiger partial charge in [-0.15, -0.1) is 0 Å². The molecule has 0 saturated heterocycles. The van der Waals surface area contributed by atoms with Crippen molar-refractivity contribution < 1.29 is 13.9 Å². The maximum absolute atomic E-state index is 13.6. The van der Waals surface area contributed by atoms with E-state index in [1.807, 2.05) is 0 Å². The second-order valence-electron chi connectivity index (χ2n) is 4.04. The van der Waals surface area contributed by atoms with E-state index < -0.39 is 11.7 Å². The largest absolute Gasteiger partial charge is 0.494 e. The Hall–Kier alpha value is -2.27.